The zero-order valence-electron chi connectivity index (χ0n) is 15.1. The number of nitrogens with two attached hydrogens (primary N) is 1. The summed E-state index contributed by atoms with van der Waals surface area (Å²) in [5, 5.41) is 5.58. The molecule has 0 aromatic heterocycles. The van der Waals surface area contributed by atoms with Crippen LogP contribution in [0.5, 0.6) is 0 Å². The predicted molar refractivity (Wildman–Crippen MR) is 107 cm³/mol. The minimum atomic E-state index is -0.519. The Morgan fingerprint density at radius 3 is 2.39 bits per heavy atom. The Labute approximate surface area is 166 Å². The first-order valence-electron chi connectivity index (χ1n) is 8.53. The SMILES string of the molecule is COCCCN1C(=O)c2ccc(NC(=O)Nc3ccc(N)c(Cl)c3)cc2C1=O. The molecule has 0 radical (unpaired) electrons. The highest BCUT2D eigenvalue weighted by molar-refractivity contribution is 6.33. The number of nitrogens with zero attached hydrogens (tertiary/aromatic N) is 1. The number of nitrogens with one attached hydrogen (secondary N) is 2. The van der Waals surface area contributed by atoms with Crippen LogP contribution in [0.15, 0.2) is 36.4 Å². The van der Waals surface area contributed by atoms with Gasteiger partial charge in [-0.15, -0.1) is 0 Å². The Morgan fingerprint density at radius 2 is 1.71 bits per heavy atom. The number of ether oxygens (including phenoxy) is 1. The molecule has 0 atom stereocenters. The smallest absolute Gasteiger partial charge is 0.323 e. The number of urea groups is 1. The molecule has 8 nitrogen and oxygen atoms in total. The van der Waals surface area contributed by atoms with Gasteiger partial charge in [0.1, 0.15) is 0 Å². The first kappa shape index (κ1) is 19.7. The van der Waals surface area contributed by atoms with Crippen LogP contribution >= 0.6 is 11.6 Å². The molecule has 4 N–H and O–H groups in total. The highest BCUT2D eigenvalue weighted by Crippen LogP contribution is 2.26. The molecule has 28 heavy (non-hydrogen) atoms. The predicted octanol–water partition coefficient (Wildman–Crippen LogP) is 3.20. The summed E-state index contributed by atoms with van der Waals surface area (Å²) in [5.41, 5.74) is 7.48. The monoisotopic (exact) mass is 402 g/mol. The van der Waals surface area contributed by atoms with Crippen LogP contribution in [0, 0.1) is 0 Å². The van der Waals surface area contributed by atoms with Crippen LogP contribution in [0.4, 0.5) is 21.9 Å². The van der Waals surface area contributed by atoms with Crippen molar-refractivity contribution in [1.82, 2.24) is 4.90 Å². The Balaban J connectivity index is 1.69. The van der Waals surface area contributed by atoms with E-state index >= 15 is 0 Å². The van der Waals surface area contributed by atoms with Crippen LogP contribution < -0.4 is 16.4 Å². The number of nitrogen functional groups attached to an aromatic ring is 1. The number of carbonyl (C=O) groups is 3. The van der Waals surface area contributed by atoms with Gasteiger partial charge in [-0.3, -0.25) is 14.5 Å². The maximum atomic E-state index is 12.5. The molecule has 0 fully saturated rings. The molecule has 0 spiro atoms. The lowest BCUT2D eigenvalue weighted by Crippen LogP contribution is -2.31. The molecule has 9 heteroatoms. The third-order valence-corrected chi connectivity index (χ3v) is 4.54. The summed E-state index contributed by atoms with van der Waals surface area (Å²) in [5.74, 6) is -0.728. The number of anilines is 3. The van der Waals surface area contributed by atoms with E-state index < -0.39 is 6.03 Å². The molecule has 3 rings (SSSR count). The molecule has 2 aromatic carbocycles. The second-order valence-electron chi connectivity index (χ2n) is 6.18. The molecule has 4 amide bonds. The van der Waals surface area contributed by atoms with E-state index in [4.69, 9.17) is 22.1 Å². The fourth-order valence-electron chi connectivity index (χ4n) is 2.84. The number of methoxy groups -OCH3 is 1. The molecule has 1 heterocycles. The average Bonchev–Trinajstić information content (AvgIpc) is 2.89. The van der Waals surface area contributed by atoms with Gasteiger partial charge in [-0.05, 0) is 42.8 Å². The van der Waals surface area contributed by atoms with Crippen LogP contribution in [-0.4, -0.2) is 43.0 Å². The molecule has 0 bridgehead atoms. The summed E-state index contributed by atoms with van der Waals surface area (Å²) in [6.07, 6.45) is 0.555. The fraction of sp³-hybridized carbons (Fsp3) is 0.211. The van der Waals surface area contributed by atoms with Crippen molar-refractivity contribution in [1.29, 1.82) is 0 Å². The van der Waals surface area contributed by atoms with Crippen molar-refractivity contribution in [2.45, 2.75) is 6.42 Å². The maximum Gasteiger partial charge on any atom is 0.323 e. The average molecular weight is 403 g/mol. The van der Waals surface area contributed by atoms with E-state index in [2.05, 4.69) is 10.6 Å². The Hall–Kier alpha value is -3.10. The number of fused-ring (bicyclic) bond motifs is 1. The third kappa shape index (κ3) is 4.08. The molecule has 1 aliphatic rings. The van der Waals surface area contributed by atoms with Gasteiger partial charge in [0.25, 0.3) is 11.8 Å². The van der Waals surface area contributed by atoms with Crippen molar-refractivity contribution in [2.24, 2.45) is 0 Å². The normalized spacial score (nSPS) is 12.9. The summed E-state index contributed by atoms with van der Waals surface area (Å²) < 4.78 is 4.96. The first-order valence-corrected chi connectivity index (χ1v) is 8.90. The Bertz CT molecular complexity index is 948. The fourth-order valence-corrected chi connectivity index (χ4v) is 3.02. The highest BCUT2D eigenvalue weighted by atomic mass is 35.5. The van der Waals surface area contributed by atoms with E-state index in [1.165, 1.54) is 23.1 Å². The first-order chi connectivity index (χ1) is 13.4. The second-order valence-corrected chi connectivity index (χ2v) is 6.59. The topological polar surface area (TPSA) is 114 Å². The maximum absolute atomic E-state index is 12.5. The lowest BCUT2D eigenvalue weighted by molar-refractivity contribution is 0.0638. The zero-order valence-corrected chi connectivity index (χ0v) is 15.9. The van der Waals surface area contributed by atoms with E-state index in [0.717, 1.165) is 0 Å². The number of hydrogen-bond acceptors (Lipinski definition) is 5. The molecule has 0 saturated heterocycles. The van der Waals surface area contributed by atoms with E-state index in [1.54, 1.807) is 25.3 Å². The standard InChI is InChI=1S/C19H19ClN4O4/c1-28-8-2-7-24-17(25)13-5-3-11(9-14(13)18(24)26)22-19(27)23-12-4-6-16(21)15(20)10-12/h3-6,9-10H,2,7-8,21H2,1H3,(H2,22,23,27). The minimum Gasteiger partial charge on any atom is -0.398 e. The van der Waals surface area contributed by atoms with E-state index in [-0.39, 0.29) is 23.9 Å². The lowest BCUT2D eigenvalue weighted by Gasteiger charge is -2.12. The highest BCUT2D eigenvalue weighted by Gasteiger charge is 2.35. The van der Waals surface area contributed by atoms with Gasteiger partial charge < -0.3 is 21.1 Å². The zero-order chi connectivity index (χ0) is 20.3. The number of hydrogen-bond donors (Lipinski definition) is 3. The quantitative estimate of drug-likeness (QED) is 0.390. The van der Waals surface area contributed by atoms with Crippen LogP contribution in [0.1, 0.15) is 27.1 Å². The molecule has 0 unspecified atom stereocenters. The number of carbonyl (C=O) groups excluding carboxylic acids is 3. The molecule has 1 aliphatic heterocycles. The van der Waals surface area contributed by atoms with Gasteiger partial charge in [0, 0.05) is 31.6 Å². The summed E-state index contributed by atoms with van der Waals surface area (Å²) in [6.45, 7) is 0.733. The largest absolute Gasteiger partial charge is 0.398 e. The minimum absolute atomic E-state index is 0.260. The van der Waals surface area contributed by atoms with Gasteiger partial charge in [-0.1, -0.05) is 11.6 Å². The van der Waals surface area contributed by atoms with E-state index in [9.17, 15) is 14.4 Å². The lowest BCUT2D eigenvalue weighted by atomic mass is 10.1. The van der Waals surface area contributed by atoms with Gasteiger partial charge in [-0.2, -0.15) is 0 Å². The molecular formula is C19H19ClN4O4. The molecule has 0 aliphatic carbocycles. The van der Waals surface area contributed by atoms with Gasteiger partial charge in [0.05, 0.1) is 21.8 Å². The van der Waals surface area contributed by atoms with E-state index in [1.807, 2.05) is 0 Å². The van der Waals surface area contributed by atoms with Crippen LogP contribution in [0.3, 0.4) is 0 Å². The van der Waals surface area contributed by atoms with E-state index in [0.29, 0.717) is 40.7 Å². The summed E-state index contributed by atoms with van der Waals surface area (Å²) in [7, 11) is 1.56. The van der Waals surface area contributed by atoms with Crippen molar-refractivity contribution in [2.75, 3.05) is 36.6 Å². The number of benzene rings is 2. The Kier molecular flexibility index (Phi) is 5.81. The van der Waals surface area contributed by atoms with Crippen LogP contribution in [0.2, 0.25) is 5.02 Å². The molecule has 146 valence electrons. The molecule has 2 aromatic rings. The number of imide groups is 1. The summed E-state index contributed by atoms with van der Waals surface area (Å²) in [6, 6.07) is 8.79. The van der Waals surface area contributed by atoms with Crippen molar-refractivity contribution < 1.29 is 19.1 Å². The van der Waals surface area contributed by atoms with Crippen molar-refractivity contribution in [3.05, 3.63) is 52.5 Å². The molecule has 0 saturated carbocycles. The van der Waals surface area contributed by atoms with Crippen molar-refractivity contribution in [3.63, 3.8) is 0 Å². The summed E-state index contributed by atoms with van der Waals surface area (Å²) >= 11 is 5.93. The number of amides is 4. The van der Waals surface area contributed by atoms with Gasteiger partial charge in [0.2, 0.25) is 0 Å². The Morgan fingerprint density at radius 1 is 1.07 bits per heavy atom. The van der Waals surface area contributed by atoms with Crippen molar-refractivity contribution >= 4 is 46.5 Å². The number of halogens is 1. The van der Waals surface area contributed by atoms with Crippen LogP contribution in [-0.2, 0) is 4.74 Å². The van der Waals surface area contributed by atoms with Crippen molar-refractivity contribution in [3.8, 4) is 0 Å². The summed E-state index contributed by atoms with van der Waals surface area (Å²) in [4.78, 5) is 38.3. The second kappa shape index (κ2) is 8.28. The third-order valence-electron chi connectivity index (χ3n) is 4.22. The number of rotatable bonds is 6. The van der Waals surface area contributed by atoms with Gasteiger partial charge >= 0.3 is 6.03 Å². The van der Waals surface area contributed by atoms with Gasteiger partial charge in [-0.25, -0.2) is 4.79 Å². The van der Waals surface area contributed by atoms with Crippen LogP contribution in [0.25, 0.3) is 0 Å². The molecular weight excluding hydrogens is 384 g/mol. The van der Waals surface area contributed by atoms with Gasteiger partial charge in [0.15, 0.2) is 0 Å².